The van der Waals surface area contributed by atoms with Crippen LogP contribution in [0.3, 0.4) is 0 Å². The van der Waals surface area contributed by atoms with Crippen LogP contribution in [0.25, 0.3) is 5.57 Å². The summed E-state index contributed by atoms with van der Waals surface area (Å²) >= 11 is 0. The first kappa shape index (κ1) is 27.7. The summed E-state index contributed by atoms with van der Waals surface area (Å²) in [6.07, 6.45) is 4.09. The minimum atomic E-state index is -0.517. The van der Waals surface area contributed by atoms with Crippen LogP contribution < -0.4 is 18.9 Å². The highest BCUT2D eigenvalue weighted by Crippen LogP contribution is 2.55. The fraction of sp³-hybridized carbons (Fsp3) is 0.278. The molecule has 216 valence electrons. The standard InChI is InChI=1S/C36H37NO5/c1-39-30-12-6-9-25(17-30)27-22-36(28-10-7-13-31(20-28)40-2)34(19-26-18-32(41-3)21-33(42-4)35(26)36)37(23-27)15-14-24-8-5-11-29(38)16-24/h5-13,16-18,20-22,34,38H,14-15,19,23H2,1-4H3/t34-,36+/m0/s1. The van der Waals surface area contributed by atoms with Gasteiger partial charge in [0.15, 0.2) is 0 Å². The number of hydrogen-bond acceptors (Lipinski definition) is 6. The molecular formula is C36H37NO5. The van der Waals surface area contributed by atoms with E-state index in [1.807, 2.05) is 36.4 Å². The van der Waals surface area contributed by atoms with Gasteiger partial charge in [0, 0.05) is 30.8 Å². The fourth-order valence-electron chi connectivity index (χ4n) is 6.84. The van der Waals surface area contributed by atoms with E-state index in [0.29, 0.717) is 5.75 Å². The SMILES string of the molecule is COc1cccc(C2=C[C@]3(c4cccc(OC)c4)c4c(cc(OC)cc4OC)C[C@@H]3N(CCc3cccc(O)c3)C2)c1. The van der Waals surface area contributed by atoms with E-state index in [2.05, 4.69) is 53.4 Å². The van der Waals surface area contributed by atoms with Crippen molar-refractivity contribution in [3.8, 4) is 28.7 Å². The average molecular weight is 564 g/mol. The molecule has 0 saturated carbocycles. The summed E-state index contributed by atoms with van der Waals surface area (Å²) in [6.45, 7) is 1.59. The molecule has 6 nitrogen and oxygen atoms in total. The highest BCUT2D eigenvalue weighted by atomic mass is 16.5. The van der Waals surface area contributed by atoms with Crippen LogP contribution in [-0.4, -0.2) is 57.6 Å². The van der Waals surface area contributed by atoms with Crippen molar-refractivity contribution < 1.29 is 24.1 Å². The molecule has 0 amide bonds. The molecule has 0 unspecified atom stereocenters. The Morgan fingerprint density at radius 3 is 2.26 bits per heavy atom. The Morgan fingerprint density at radius 2 is 1.52 bits per heavy atom. The zero-order valence-electron chi connectivity index (χ0n) is 24.6. The summed E-state index contributed by atoms with van der Waals surface area (Å²) in [5.41, 5.74) is 6.45. The molecule has 2 atom stereocenters. The number of aromatic hydroxyl groups is 1. The Kier molecular flexibility index (Phi) is 7.56. The van der Waals surface area contributed by atoms with E-state index < -0.39 is 5.41 Å². The summed E-state index contributed by atoms with van der Waals surface area (Å²) in [4.78, 5) is 2.59. The lowest BCUT2D eigenvalue weighted by atomic mass is 9.68. The number of rotatable bonds is 9. The van der Waals surface area contributed by atoms with Crippen LogP contribution in [0, 0.1) is 0 Å². The van der Waals surface area contributed by atoms with Gasteiger partial charge in [-0.3, -0.25) is 4.90 Å². The fourth-order valence-corrected chi connectivity index (χ4v) is 6.84. The van der Waals surface area contributed by atoms with E-state index in [0.717, 1.165) is 71.2 Å². The normalized spacial score (nSPS) is 19.4. The largest absolute Gasteiger partial charge is 0.508 e. The molecule has 1 N–H and O–H groups in total. The third-order valence-electron chi connectivity index (χ3n) is 8.77. The predicted octanol–water partition coefficient (Wildman–Crippen LogP) is 6.28. The number of methoxy groups -OCH3 is 4. The van der Waals surface area contributed by atoms with Gasteiger partial charge in [-0.2, -0.15) is 0 Å². The zero-order valence-corrected chi connectivity index (χ0v) is 24.6. The summed E-state index contributed by atoms with van der Waals surface area (Å²) in [6, 6.07) is 28.5. The van der Waals surface area contributed by atoms with Crippen molar-refractivity contribution in [2.75, 3.05) is 41.5 Å². The van der Waals surface area contributed by atoms with Gasteiger partial charge in [0.05, 0.1) is 33.9 Å². The second-order valence-corrected chi connectivity index (χ2v) is 11.0. The van der Waals surface area contributed by atoms with Crippen molar-refractivity contribution in [1.29, 1.82) is 0 Å². The van der Waals surface area contributed by atoms with Crippen LogP contribution in [0.1, 0.15) is 27.8 Å². The van der Waals surface area contributed by atoms with Gasteiger partial charge in [-0.25, -0.2) is 0 Å². The Morgan fingerprint density at radius 1 is 0.786 bits per heavy atom. The van der Waals surface area contributed by atoms with Crippen LogP contribution in [0.4, 0.5) is 0 Å². The molecule has 2 aliphatic rings. The molecule has 0 fully saturated rings. The zero-order chi connectivity index (χ0) is 29.3. The summed E-state index contributed by atoms with van der Waals surface area (Å²) in [5, 5.41) is 10.1. The lowest BCUT2D eigenvalue weighted by molar-refractivity contribution is 0.176. The number of phenols is 1. The van der Waals surface area contributed by atoms with Gasteiger partial charge in [0.2, 0.25) is 0 Å². The number of benzene rings is 4. The first-order chi connectivity index (χ1) is 20.5. The molecule has 0 bridgehead atoms. The van der Waals surface area contributed by atoms with Gasteiger partial charge >= 0.3 is 0 Å². The molecule has 42 heavy (non-hydrogen) atoms. The van der Waals surface area contributed by atoms with Gasteiger partial charge in [-0.15, -0.1) is 0 Å². The van der Waals surface area contributed by atoms with E-state index in [-0.39, 0.29) is 6.04 Å². The van der Waals surface area contributed by atoms with Gasteiger partial charge in [-0.1, -0.05) is 42.5 Å². The third-order valence-corrected chi connectivity index (χ3v) is 8.77. The number of nitrogens with zero attached hydrogens (tertiary/aromatic N) is 1. The van der Waals surface area contributed by atoms with Gasteiger partial charge in [0.1, 0.15) is 28.7 Å². The second kappa shape index (κ2) is 11.5. The van der Waals surface area contributed by atoms with Crippen molar-refractivity contribution in [3.05, 3.63) is 119 Å². The van der Waals surface area contributed by atoms with Crippen LogP contribution in [-0.2, 0) is 18.3 Å². The lowest BCUT2D eigenvalue weighted by Gasteiger charge is -2.46. The van der Waals surface area contributed by atoms with E-state index >= 15 is 0 Å². The minimum absolute atomic E-state index is 0.118. The summed E-state index contributed by atoms with van der Waals surface area (Å²) < 4.78 is 23.2. The van der Waals surface area contributed by atoms with Crippen LogP contribution >= 0.6 is 0 Å². The van der Waals surface area contributed by atoms with E-state index in [9.17, 15) is 5.11 Å². The summed E-state index contributed by atoms with van der Waals surface area (Å²) in [7, 11) is 6.84. The van der Waals surface area contributed by atoms with Crippen LogP contribution in [0.5, 0.6) is 28.7 Å². The lowest BCUT2D eigenvalue weighted by Crippen LogP contribution is -2.52. The Bertz CT molecular complexity index is 1630. The first-order valence-corrected chi connectivity index (χ1v) is 14.3. The molecule has 4 aromatic rings. The van der Waals surface area contributed by atoms with Crippen LogP contribution in [0.2, 0.25) is 0 Å². The molecule has 1 aliphatic carbocycles. The molecular weight excluding hydrogens is 526 g/mol. The maximum absolute atomic E-state index is 10.1. The van der Waals surface area contributed by atoms with Gasteiger partial charge in [-0.05, 0) is 83.1 Å². The van der Waals surface area contributed by atoms with Crippen LogP contribution in [0.15, 0.2) is 91.0 Å². The van der Waals surface area contributed by atoms with Crippen molar-refractivity contribution >= 4 is 5.57 Å². The van der Waals surface area contributed by atoms with Crippen molar-refractivity contribution in [1.82, 2.24) is 4.90 Å². The molecule has 0 radical (unpaired) electrons. The molecule has 1 aliphatic heterocycles. The van der Waals surface area contributed by atoms with E-state index in [1.165, 1.54) is 11.1 Å². The van der Waals surface area contributed by atoms with Crippen molar-refractivity contribution in [2.24, 2.45) is 0 Å². The number of fused-ring (bicyclic) bond motifs is 3. The van der Waals surface area contributed by atoms with Crippen molar-refractivity contribution in [2.45, 2.75) is 24.3 Å². The van der Waals surface area contributed by atoms with Crippen molar-refractivity contribution in [3.63, 3.8) is 0 Å². The molecule has 0 spiro atoms. The third kappa shape index (κ3) is 4.86. The first-order valence-electron chi connectivity index (χ1n) is 14.3. The Balaban J connectivity index is 1.58. The monoisotopic (exact) mass is 563 g/mol. The number of phenolic OH excluding ortho intramolecular Hbond substituents is 1. The molecule has 0 saturated heterocycles. The molecule has 4 aromatic carbocycles. The Labute approximate surface area is 247 Å². The Hall–Kier alpha value is -4.42. The topological polar surface area (TPSA) is 60.4 Å². The number of hydrogen-bond donors (Lipinski definition) is 1. The highest BCUT2D eigenvalue weighted by Gasteiger charge is 2.53. The van der Waals surface area contributed by atoms with E-state index in [1.54, 1.807) is 34.5 Å². The van der Waals surface area contributed by atoms with Gasteiger partial charge < -0.3 is 24.1 Å². The minimum Gasteiger partial charge on any atom is -0.508 e. The second-order valence-electron chi connectivity index (χ2n) is 11.0. The average Bonchev–Trinajstić information content (AvgIpc) is 3.38. The summed E-state index contributed by atoms with van der Waals surface area (Å²) in [5.74, 6) is 3.53. The molecule has 1 heterocycles. The smallest absolute Gasteiger partial charge is 0.127 e. The maximum atomic E-state index is 10.1. The molecule has 0 aromatic heterocycles. The van der Waals surface area contributed by atoms with Gasteiger partial charge in [0.25, 0.3) is 0 Å². The molecule has 6 rings (SSSR count). The molecule has 6 heteroatoms. The highest BCUT2D eigenvalue weighted by molar-refractivity contribution is 5.76. The maximum Gasteiger partial charge on any atom is 0.127 e. The predicted molar refractivity (Wildman–Crippen MR) is 165 cm³/mol. The quantitative estimate of drug-likeness (QED) is 0.259. The number of ether oxygens (including phenoxy) is 4. The van der Waals surface area contributed by atoms with E-state index in [4.69, 9.17) is 18.9 Å².